The third kappa shape index (κ3) is 15.4. The average Bonchev–Trinajstić information content (AvgIpc) is 2.32. The Morgan fingerprint density at radius 3 is 1.33 bits per heavy atom. The van der Waals surface area contributed by atoms with Crippen LogP contribution in [0.5, 0.6) is 0 Å². The van der Waals surface area contributed by atoms with Crippen LogP contribution >= 0.6 is 0 Å². The monoisotopic (exact) mass is 460 g/mol. The molecule has 0 aliphatic carbocycles. The number of nitrogens with one attached hydrogen (secondary N) is 2. The maximum absolute atomic E-state index is 12.0. The van der Waals surface area contributed by atoms with E-state index >= 15 is 0 Å². The molecule has 0 aliphatic rings. The van der Waals surface area contributed by atoms with Crippen molar-refractivity contribution in [1.82, 2.24) is 10.6 Å². The van der Waals surface area contributed by atoms with Crippen LogP contribution in [0.2, 0.25) is 0 Å². The Balaban J connectivity index is -0.00000288. The Hall–Kier alpha value is 0.916. The number of carbonyl (C=O) groups excluding carboxylic acids is 2. The summed E-state index contributed by atoms with van der Waals surface area (Å²) < 4.78 is 52.4. The molecule has 2 amide bonds. The first-order valence-corrected chi connectivity index (χ1v) is 10.2. The molecule has 0 saturated carbocycles. The molecule has 0 bridgehead atoms. The van der Waals surface area contributed by atoms with Crippen molar-refractivity contribution in [3.05, 3.63) is 25.3 Å². The van der Waals surface area contributed by atoms with Crippen molar-refractivity contribution in [1.29, 1.82) is 0 Å². The summed E-state index contributed by atoms with van der Waals surface area (Å²) in [6, 6.07) is 0. The van der Waals surface area contributed by atoms with E-state index in [4.69, 9.17) is 0 Å². The Labute approximate surface area is 226 Å². The van der Waals surface area contributed by atoms with Crippen LogP contribution in [0.1, 0.15) is 27.7 Å². The molecule has 27 heavy (non-hydrogen) atoms. The molecule has 0 heterocycles. The van der Waals surface area contributed by atoms with Crippen LogP contribution in [0.25, 0.3) is 0 Å². The average molecular weight is 461 g/mol. The molecule has 2 N–H and O–H groups in total. The topological polar surface area (TPSA) is 136 Å². The van der Waals surface area contributed by atoms with Crippen molar-refractivity contribution in [3.8, 4) is 0 Å². The van der Waals surface area contributed by atoms with E-state index in [1.54, 1.807) is 0 Å². The van der Waals surface area contributed by atoms with Crippen LogP contribution in [0, 0.1) is 0 Å². The summed E-state index contributed by atoms with van der Waals surface area (Å²) in [5.41, 5.74) is -2.57. The second-order valence-corrected chi connectivity index (χ2v) is 9.98. The van der Waals surface area contributed by atoms with E-state index in [9.17, 15) is 26.4 Å². The van der Waals surface area contributed by atoms with Crippen molar-refractivity contribution < 1.29 is 30.1 Å². The second kappa shape index (κ2) is 12.6. The molecule has 13 heteroatoms. The summed E-state index contributed by atoms with van der Waals surface area (Å²) >= 11 is 0. The zero-order chi connectivity index (χ0) is 20.1. The standard InChI is InChI=1S/C14H24N2O7S2.K.Na.2H/c1-7-11(17)15-13(3,4)9-24(19,20)23-25(21,22)10-14(5,6)16-12(18)8-2;;;;/h7-8H,1-2,9-10H2,3-6H3,(H,15,17)(H,16,18);;;;. The summed E-state index contributed by atoms with van der Waals surface area (Å²) in [6.07, 6.45) is 1.91. The van der Waals surface area contributed by atoms with E-state index in [0.29, 0.717) is 0 Å². The van der Waals surface area contributed by atoms with E-state index in [0.717, 1.165) is 12.2 Å². The fourth-order valence-electron chi connectivity index (χ4n) is 1.93. The number of rotatable bonds is 10. The third-order valence-electron chi connectivity index (χ3n) is 2.58. The van der Waals surface area contributed by atoms with E-state index in [1.165, 1.54) is 27.7 Å². The van der Waals surface area contributed by atoms with Crippen LogP contribution in [-0.4, -0.2) is 132 Å². The molecule has 0 radical (unpaired) electrons. The number of carbonyl (C=O) groups is 2. The molecule has 148 valence electrons. The van der Waals surface area contributed by atoms with Gasteiger partial charge in [-0.05, 0) is 39.8 Å². The van der Waals surface area contributed by atoms with Crippen molar-refractivity contribution in [2.24, 2.45) is 0 Å². The summed E-state index contributed by atoms with van der Waals surface area (Å²) in [5.74, 6) is -2.79. The zero-order valence-electron chi connectivity index (χ0n) is 14.7. The van der Waals surface area contributed by atoms with Gasteiger partial charge in [0, 0.05) is 0 Å². The Kier molecular flexibility index (Phi) is 15.2. The minimum atomic E-state index is -4.53. The predicted octanol–water partition coefficient (Wildman–Crippen LogP) is -1.47. The molecule has 9 nitrogen and oxygen atoms in total. The molecular weight excluding hydrogens is 434 g/mol. The van der Waals surface area contributed by atoms with Gasteiger partial charge in [-0.1, -0.05) is 13.2 Å². The third-order valence-corrected chi connectivity index (χ3v) is 6.39. The molecule has 0 unspecified atom stereocenters. The molecule has 0 fully saturated rings. The zero-order valence-corrected chi connectivity index (χ0v) is 16.3. The van der Waals surface area contributed by atoms with Gasteiger partial charge < -0.3 is 10.6 Å². The van der Waals surface area contributed by atoms with E-state index < -0.39 is 54.6 Å². The maximum atomic E-state index is 12.0. The Morgan fingerprint density at radius 1 is 0.852 bits per heavy atom. The van der Waals surface area contributed by atoms with Crippen molar-refractivity contribution in [2.45, 2.75) is 38.8 Å². The molecule has 0 spiro atoms. The van der Waals surface area contributed by atoms with Gasteiger partial charge in [-0.3, -0.25) is 9.59 Å². The molecule has 0 aromatic carbocycles. The predicted molar refractivity (Wildman–Crippen MR) is 108 cm³/mol. The van der Waals surface area contributed by atoms with Crippen LogP contribution in [0.15, 0.2) is 25.3 Å². The molecule has 0 atom stereocenters. The fourth-order valence-corrected chi connectivity index (χ4v) is 5.49. The van der Waals surface area contributed by atoms with Gasteiger partial charge in [0.25, 0.3) is 20.2 Å². The number of amides is 2. The Bertz CT molecular complexity index is 698. The number of hydrogen-bond donors (Lipinski definition) is 2. The van der Waals surface area contributed by atoms with Gasteiger partial charge in [-0.2, -0.15) is 16.8 Å². The van der Waals surface area contributed by atoms with Crippen LogP contribution in [0.4, 0.5) is 0 Å². The summed E-state index contributed by atoms with van der Waals surface area (Å²) in [7, 11) is -9.05. The van der Waals surface area contributed by atoms with Gasteiger partial charge in [-0.15, -0.1) is 3.63 Å². The molecule has 0 saturated heterocycles. The van der Waals surface area contributed by atoms with E-state index in [1.807, 2.05) is 0 Å². The molecular formula is C14H26KN2NaO7S2. The van der Waals surface area contributed by atoms with Gasteiger partial charge >= 0.3 is 80.9 Å². The fraction of sp³-hybridized carbons (Fsp3) is 0.571. The molecule has 0 aromatic heterocycles. The van der Waals surface area contributed by atoms with Crippen molar-refractivity contribution >= 4 is 113 Å². The van der Waals surface area contributed by atoms with Crippen LogP contribution in [-0.2, 0) is 33.5 Å². The van der Waals surface area contributed by atoms with Crippen molar-refractivity contribution in [2.75, 3.05) is 11.5 Å². The normalized spacial score (nSPS) is 12.0. The second-order valence-electron chi connectivity index (χ2n) is 6.63. The SMILES string of the molecule is C=CC(=O)NC(C)(C)CS(=O)(=O)OS(=O)(=O)CC(C)(C)NC(=O)C=C.[KH].[NaH]. The van der Waals surface area contributed by atoms with Gasteiger partial charge in [0.05, 0.1) is 22.6 Å². The summed E-state index contributed by atoms with van der Waals surface area (Å²) in [4.78, 5) is 22.6. The first-order valence-electron chi connectivity index (χ1n) is 7.09. The van der Waals surface area contributed by atoms with Crippen molar-refractivity contribution in [3.63, 3.8) is 0 Å². The summed E-state index contributed by atoms with van der Waals surface area (Å²) in [6.45, 7) is 12.0. The van der Waals surface area contributed by atoms with Gasteiger partial charge in [0.15, 0.2) is 0 Å². The van der Waals surface area contributed by atoms with Crippen LogP contribution < -0.4 is 10.6 Å². The van der Waals surface area contributed by atoms with Gasteiger partial charge in [0.1, 0.15) is 0 Å². The van der Waals surface area contributed by atoms with Gasteiger partial charge in [-0.25, -0.2) is 0 Å². The first kappa shape index (κ1) is 32.6. The quantitative estimate of drug-likeness (QED) is 0.300. The van der Waals surface area contributed by atoms with Crippen LogP contribution in [0.3, 0.4) is 0 Å². The molecule has 0 rings (SSSR count). The minimum absolute atomic E-state index is 0. The van der Waals surface area contributed by atoms with E-state index in [2.05, 4.69) is 27.4 Å². The van der Waals surface area contributed by atoms with Gasteiger partial charge in [0.2, 0.25) is 11.8 Å². The summed E-state index contributed by atoms with van der Waals surface area (Å²) in [5, 5.41) is 4.70. The first-order chi connectivity index (χ1) is 11.0. The Morgan fingerprint density at radius 2 is 1.11 bits per heavy atom. The number of hydrogen-bond acceptors (Lipinski definition) is 7. The molecule has 0 aromatic rings. The van der Waals surface area contributed by atoms with E-state index in [-0.39, 0.29) is 80.9 Å². The molecule has 0 aliphatic heterocycles.